The highest BCUT2D eigenvalue weighted by atomic mass is 35.5. The summed E-state index contributed by atoms with van der Waals surface area (Å²) in [7, 11) is 3.80. The van der Waals surface area contributed by atoms with E-state index in [9.17, 15) is 9.59 Å². The van der Waals surface area contributed by atoms with Gasteiger partial charge in [0.25, 0.3) is 0 Å². The van der Waals surface area contributed by atoms with Gasteiger partial charge >= 0.3 is 0 Å². The molecule has 0 aromatic heterocycles. The molecule has 2 aliphatic rings. The van der Waals surface area contributed by atoms with E-state index in [1.54, 1.807) is 7.11 Å². The van der Waals surface area contributed by atoms with Crippen molar-refractivity contribution in [2.75, 3.05) is 66.6 Å². The van der Waals surface area contributed by atoms with Gasteiger partial charge in [-0.2, -0.15) is 0 Å². The molecule has 7 nitrogen and oxygen atoms in total. The Labute approximate surface area is 235 Å². The number of carbonyl (C=O) groups is 2. The molecule has 0 aromatic carbocycles. The maximum absolute atomic E-state index is 11.8. The van der Waals surface area contributed by atoms with E-state index in [2.05, 4.69) is 11.9 Å². The Morgan fingerprint density at radius 2 is 0.946 bits per heavy atom. The highest BCUT2D eigenvalue weighted by Gasteiger charge is 2.29. The van der Waals surface area contributed by atoms with Gasteiger partial charge < -0.3 is 24.2 Å². The van der Waals surface area contributed by atoms with Crippen LogP contribution in [0.4, 0.5) is 0 Å². The second-order valence-electron chi connectivity index (χ2n) is 13.4. The number of alkyl halides is 1. The summed E-state index contributed by atoms with van der Waals surface area (Å²) in [5, 5.41) is 0. The maximum atomic E-state index is 11.8. The Morgan fingerprint density at radius 1 is 0.676 bits per heavy atom. The molecule has 0 aromatic rings. The molecule has 0 bridgehead atoms. The molecule has 8 heteroatoms. The number of likely N-dealkylation sites (N-methyl/N-ethyl adjacent to an activating group) is 1. The van der Waals surface area contributed by atoms with Crippen LogP contribution in [0.15, 0.2) is 0 Å². The summed E-state index contributed by atoms with van der Waals surface area (Å²) in [6.07, 6.45) is 0. The lowest BCUT2D eigenvalue weighted by Crippen LogP contribution is -2.50. The first-order chi connectivity index (χ1) is 16.0. The SMILES string of the molecule is C.CC(C)(C)C(=O)N1CCOCC1.CC(C)(C)Cl.CN1CCN(C(=O)C(C)(C)C)CC1.COC(C)(C)C. The summed E-state index contributed by atoms with van der Waals surface area (Å²) in [5.74, 6) is 0.506. The second kappa shape index (κ2) is 17.6. The van der Waals surface area contributed by atoms with Crippen molar-refractivity contribution in [1.29, 1.82) is 0 Å². The van der Waals surface area contributed by atoms with Crippen LogP contribution in [0.5, 0.6) is 0 Å². The zero-order valence-corrected chi connectivity index (χ0v) is 26.8. The minimum Gasteiger partial charge on any atom is -0.379 e. The lowest BCUT2D eigenvalue weighted by Gasteiger charge is -2.36. The van der Waals surface area contributed by atoms with E-state index in [0.29, 0.717) is 13.2 Å². The minimum atomic E-state index is -0.253. The molecule has 2 heterocycles. The smallest absolute Gasteiger partial charge is 0.228 e. The molecule has 0 saturated carbocycles. The highest BCUT2D eigenvalue weighted by molar-refractivity contribution is 6.23. The fourth-order valence-electron chi connectivity index (χ4n) is 2.72. The number of hydrogen-bond donors (Lipinski definition) is 0. The molecular weight excluding hydrogens is 490 g/mol. The molecular formula is C29H62ClN3O4. The van der Waals surface area contributed by atoms with Gasteiger partial charge in [0.15, 0.2) is 0 Å². The molecule has 2 rings (SSSR count). The van der Waals surface area contributed by atoms with Crippen LogP contribution >= 0.6 is 11.6 Å². The van der Waals surface area contributed by atoms with Gasteiger partial charge in [-0.1, -0.05) is 49.0 Å². The Bertz CT molecular complexity index is 609. The third-order valence-corrected chi connectivity index (χ3v) is 4.98. The quantitative estimate of drug-likeness (QED) is 0.357. The van der Waals surface area contributed by atoms with Gasteiger partial charge in [-0.25, -0.2) is 0 Å². The zero-order chi connectivity index (χ0) is 29.0. The Hall–Kier alpha value is -0.890. The van der Waals surface area contributed by atoms with Crippen molar-refractivity contribution in [3.63, 3.8) is 0 Å². The van der Waals surface area contributed by atoms with Crippen LogP contribution in [0.2, 0.25) is 0 Å². The zero-order valence-electron chi connectivity index (χ0n) is 26.0. The molecule has 2 amide bonds. The van der Waals surface area contributed by atoms with E-state index in [1.807, 2.05) is 92.9 Å². The molecule has 2 saturated heterocycles. The maximum Gasteiger partial charge on any atom is 0.228 e. The molecule has 0 radical (unpaired) electrons. The number of amides is 2. The van der Waals surface area contributed by atoms with Crippen molar-refractivity contribution in [3.8, 4) is 0 Å². The number of hydrogen-bond acceptors (Lipinski definition) is 5. The van der Waals surface area contributed by atoms with Crippen molar-refractivity contribution in [2.24, 2.45) is 10.8 Å². The summed E-state index contributed by atoms with van der Waals surface area (Å²) >= 11 is 5.53. The first-order valence-corrected chi connectivity index (χ1v) is 13.5. The Balaban J connectivity index is -0.000000445. The van der Waals surface area contributed by atoms with Gasteiger partial charge in [0, 0.05) is 62.1 Å². The third kappa shape index (κ3) is 23.9. The van der Waals surface area contributed by atoms with Crippen LogP contribution in [0.3, 0.4) is 0 Å². The van der Waals surface area contributed by atoms with Crippen molar-refractivity contribution < 1.29 is 19.1 Å². The highest BCUT2D eigenvalue weighted by Crippen LogP contribution is 2.19. The Kier molecular flexibility index (Phi) is 19.4. The van der Waals surface area contributed by atoms with E-state index >= 15 is 0 Å². The molecule has 37 heavy (non-hydrogen) atoms. The van der Waals surface area contributed by atoms with E-state index in [0.717, 1.165) is 39.3 Å². The lowest BCUT2D eigenvalue weighted by molar-refractivity contribution is -0.143. The summed E-state index contributed by atoms with van der Waals surface area (Å²) in [5.41, 5.74) is -0.437. The van der Waals surface area contributed by atoms with Crippen LogP contribution in [0.25, 0.3) is 0 Å². The van der Waals surface area contributed by atoms with Crippen molar-refractivity contribution in [1.82, 2.24) is 14.7 Å². The first kappa shape index (κ1) is 40.6. The second-order valence-corrected chi connectivity index (χ2v) is 14.5. The number of ether oxygens (including phenoxy) is 2. The van der Waals surface area contributed by atoms with Crippen LogP contribution in [-0.4, -0.2) is 104 Å². The molecule has 2 aliphatic heterocycles. The van der Waals surface area contributed by atoms with Crippen molar-refractivity contribution in [2.45, 2.75) is 101 Å². The number of nitrogens with zero attached hydrogens (tertiary/aromatic N) is 3. The van der Waals surface area contributed by atoms with E-state index in [-0.39, 0.29) is 40.5 Å². The van der Waals surface area contributed by atoms with Crippen LogP contribution in [-0.2, 0) is 19.1 Å². The molecule has 0 atom stereocenters. The van der Waals surface area contributed by atoms with Crippen molar-refractivity contribution in [3.05, 3.63) is 0 Å². The normalized spacial score (nSPS) is 17.1. The summed E-state index contributed by atoms with van der Waals surface area (Å²) in [4.78, 5) is 29.6. The topological polar surface area (TPSA) is 62.3 Å². The van der Waals surface area contributed by atoms with Gasteiger partial charge in [0.2, 0.25) is 11.8 Å². The van der Waals surface area contributed by atoms with Crippen LogP contribution < -0.4 is 0 Å². The molecule has 0 N–H and O–H groups in total. The molecule has 224 valence electrons. The predicted octanol–water partition coefficient (Wildman–Crippen LogP) is 5.79. The average Bonchev–Trinajstić information content (AvgIpc) is 2.72. The van der Waals surface area contributed by atoms with E-state index in [1.165, 1.54) is 0 Å². The molecule has 0 unspecified atom stereocenters. The Morgan fingerprint density at radius 3 is 1.19 bits per heavy atom. The van der Waals surface area contributed by atoms with E-state index in [4.69, 9.17) is 21.1 Å². The van der Waals surface area contributed by atoms with Gasteiger partial charge in [-0.05, 0) is 48.6 Å². The summed E-state index contributed by atoms with van der Waals surface area (Å²) in [6.45, 7) is 30.3. The number of rotatable bonds is 0. The monoisotopic (exact) mass is 551 g/mol. The van der Waals surface area contributed by atoms with Crippen LogP contribution in [0, 0.1) is 10.8 Å². The standard InChI is InChI=1S/C10H20N2O.C9H17NO2.C5H12O.C4H9Cl.CH4/c1-10(2,3)9(13)12-7-5-11(4)6-8-12;1-9(2,3)8(11)10-4-6-12-7-5-10;1-5(2,3)6-4;1-4(2,3)5;/h5-8H2,1-4H3;4-7H2,1-3H3;1-4H3;1-3H3;1H4. The van der Waals surface area contributed by atoms with Gasteiger partial charge in [-0.15, -0.1) is 11.6 Å². The average molecular weight is 552 g/mol. The van der Waals surface area contributed by atoms with Crippen molar-refractivity contribution >= 4 is 23.4 Å². The number of morpholine rings is 1. The lowest BCUT2D eigenvalue weighted by atomic mass is 9.94. The number of halogens is 1. The predicted molar refractivity (Wildman–Crippen MR) is 159 cm³/mol. The van der Waals surface area contributed by atoms with Gasteiger partial charge in [0.05, 0.1) is 18.8 Å². The third-order valence-electron chi connectivity index (χ3n) is 4.98. The summed E-state index contributed by atoms with van der Waals surface area (Å²) in [6, 6.07) is 0. The number of piperazine rings is 1. The molecule has 0 aliphatic carbocycles. The number of methoxy groups -OCH3 is 1. The summed E-state index contributed by atoms with van der Waals surface area (Å²) < 4.78 is 10.1. The van der Waals surface area contributed by atoms with Crippen LogP contribution in [0.1, 0.15) is 90.5 Å². The molecule has 2 fully saturated rings. The molecule has 0 spiro atoms. The number of carbonyl (C=O) groups excluding carboxylic acids is 2. The van der Waals surface area contributed by atoms with Gasteiger partial charge in [-0.3, -0.25) is 9.59 Å². The van der Waals surface area contributed by atoms with E-state index < -0.39 is 0 Å². The minimum absolute atomic E-state index is 0. The fraction of sp³-hybridized carbons (Fsp3) is 0.931. The fourth-order valence-corrected chi connectivity index (χ4v) is 2.72. The van der Waals surface area contributed by atoms with Gasteiger partial charge in [0.1, 0.15) is 0 Å². The largest absolute Gasteiger partial charge is 0.379 e. The first-order valence-electron chi connectivity index (χ1n) is 13.1.